The maximum Gasteiger partial charge on any atom is 0.410 e. The maximum atomic E-state index is 12.2. The van der Waals surface area contributed by atoms with Crippen LogP contribution < -0.4 is 0 Å². The van der Waals surface area contributed by atoms with Gasteiger partial charge < -0.3 is 9.47 Å². The Hall–Kier alpha value is -0.770. The number of hydrogen-bond acceptors (Lipinski definition) is 3. The van der Waals surface area contributed by atoms with E-state index >= 15 is 0 Å². The van der Waals surface area contributed by atoms with Gasteiger partial charge in [-0.1, -0.05) is 6.92 Å². The molecule has 2 aliphatic rings. The standard InChI is InChI=1S/C13H23NO3/c1-9-5-10-7-16-8-11(6-9)14(10)12(15)17-13(2,3)4/h9-11H,5-8H2,1-4H3. The molecule has 2 atom stereocenters. The fourth-order valence-electron chi connectivity index (χ4n) is 2.80. The highest BCUT2D eigenvalue weighted by molar-refractivity contribution is 5.69. The van der Waals surface area contributed by atoms with Gasteiger partial charge in [-0.3, -0.25) is 4.90 Å². The number of fused-ring (bicyclic) bond motifs is 2. The van der Waals surface area contributed by atoms with E-state index in [2.05, 4.69) is 6.92 Å². The quantitative estimate of drug-likeness (QED) is 0.654. The number of morpholine rings is 1. The monoisotopic (exact) mass is 241 g/mol. The molecule has 0 aromatic rings. The van der Waals surface area contributed by atoms with Crippen LogP contribution in [0.3, 0.4) is 0 Å². The van der Waals surface area contributed by atoms with Gasteiger partial charge in [-0.05, 0) is 39.5 Å². The average Bonchev–Trinajstić information content (AvgIpc) is 2.12. The minimum atomic E-state index is -0.421. The molecule has 0 N–H and O–H groups in total. The number of nitrogens with zero attached hydrogens (tertiary/aromatic N) is 1. The van der Waals surface area contributed by atoms with Gasteiger partial charge in [0.2, 0.25) is 0 Å². The SMILES string of the molecule is CC1CC2COCC(C1)N2C(=O)OC(C)(C)C. The van der Waals surface area contributed by atoms with Crippen molar-refractivity contribution in [3.63, 3.8) is 0 Å². The number of carbonyl (C=O) groups excluding carboxylic acids is 1. The largest absolute Gasteiger partial charge is 0.444 e. The molecule has 98 valence electrons. The molecule has 17 heavy (non-hydrogen) atoms. The molecule has 2 aliphatic heterocycles. The predicted octanol–water partition coefficient (Wildman–Crippen LogP) is 2.42. The topological polar surface area (TPSA) is 38.8 Å². The maximum absolute atomic E-state index is 12.2. The lowest BCUT2D eigenvalue weighted by Crippen LogP contribution is -2.59. The zero-order chi connectivity index (χ0) is 12.6. The van der Waals surface area contributed by atoms with E-state index in [0.717, 1.165) is 12.8 Å². The summed E-state index contributed by atoms with van der Waals surface area (Å²) in [6, 6.07) is 0.402. The summed E-state index contributed by atoms with van der Waals surface area (Å²) < 4.78 is 11.0. The third-order valence-electron chi connectivity index (χ3n) is 3.36. The van der Waals surface area contributed by atoms with Crippen LogP contribution in [0.25, 0.3) is 0 Å². The van der Waals surface area contributed by atoms with E-state index in [4.69, 9.17) is 9.47 Å². The molecule has 2 fully saturated rings. The van der Waals surface area contributed by atoms with Gasteiger partial charge in [-0.2, -0.15) is 0 Å². The lowest BCUT2D eigenvalue weighted by Gasteiger charge is -2.47. The summed E-state index contributed by atoms with van der Waals surface area (Å²) >= 11 is 0. The summed E-state index contributed by atoms with van der Waals surface area (Å²) in [4.78, 5) is 14.1. The summed E-state index contributed by atoms with van der Waals surface area (Å²) in [6.45, 7) is 9.27. The summed E-state index contributed by atoms with van der Waals surface area (Å²) in [5.74, 6) is 0.674. The number of rotatable bonds is 0. The summed E-state index contributed by atoms with van der Waals surface area (Å²) in [5.41, 5.74) is -0.421. The van der Waals surface area contributed by atoms with Gasteiger partial charge in [-0.25, -0.2) is 4.79 Å². The van der Waals surface area contributed by atoms with Gasteiger partial charge in [0.25, 0.3) is 0 Å². The highest BCUT2D eigenvalue weighted by atomic mass is 16.6. The lowest BCUT2D eigenvalue weighted by molar-refractivity contribution is -0.0878. The van der Waals surface area contributed by atoms with Crippen LogP contribution in [0.4, 0.5) is 4.79 Å². The number of carbonyl (C=O) groups is 1. The van der Waals surface area contributed by atoms with Gasteiger partial charge in [0, 0.05) is 0 Å². The normalized spacial score (nSPS) is 33.4. The van der Waals surface area contributed by atoms with E-state index < -0.39 is 5.60 Å². The Kier molecular flexibility index (Phi) is 3.34. The molecular formula is C13H23NO3. The molecule has 2 saturated heterocycles. The molecule has 0 aromatic carbocycles. The van der Waals surface area contributed by atoms with Gasteiger partial charge in [0.15, 0.2) is 0 Å². The molecule has 2 rings (SSSR count). The molecule has 1 amide bonds. The van der Waals surface area contributed by atoms with E-state index in [1.54, 1.807) is 0 Å². The number of piperidine rings is 1. The predicted molar refractivity (Wildman–Crippen MR) is 64.9 cm³/mol. The number of amides is 1. The van der Waals surface area contributed by atoms with Crippen molar-refractivity contribution in [3.05, 3.63) is 0 Å². The fraction of sp³-hybridized carbons (Fsp3) is 0.923. The van der Waals surface area contributed by atoms with Crippen molar-refractivity contribution in [1.29, 1.82) is 0 Å². The summed E-state index contributed by atoms with van der Waals surface area (Å²) in [5, 5.41) is 0. The number of ether oxygens (including phenoxy) is 2. The molecule has 4 heteroatoms. The molecule has 0 saturated carbocycles. The van der Waals surface area contributed by atoms with E-state index in [0.29, 0.717) is 19.1 Å². The van der Waals surface area contributed by atoms with Crippen molar-refractivity contribution in [3.8, 4) is 0 Å². The smallest absolute Gasteiger partial charge is 0.410 e. The van der Waals surface area contributed by atoms with Crippen molar-refractivity contribution in [2.24, 2.45) is 5.92 Å². The second-order valence-corrected chi connectivity index (χ2v) is 6.31. The van der Waals surface area contributed by atoms with Crippen molar-refractivity contribution >= 4 is 6.09 Å². The highest BCUT2D eigenvalue weighted by Gasteiger charge is 2.42. The highest BCUT2D eigenvalue weighted by Crippen LogP contribution is 2.32. The Morgan fingerprint density at radius 1 is 1.24 bits per heavy atom. The first-order valence-corrected chi connectivity index (χ1v) is 6.46. The molecule has 0 aromatic heterocycles. The lowest BCUT2D eigenvalue weighted by atomic mass is 9.86. The second-order valence-electron chi connectivity index (χ2n) is 6.31. The van der Waals surface area contributed by atoms with E-state index in [1.807, 2.05) is 25.7 Å². The van der Waals surface area contributed by atoms with Crippen molar-refractivity contribution in [2.75, 3.05) is 13.2 Å². The van der Waals surface area contributed by atoms with Crippen LogP contribution in [-0.4, -0.2) is 41.9 Å². The van der Waals surface area contributed by atoms with Crippen LogP contribution >= 0.6 is 0 Å². The first-order valence-electron chi connectivity index (χ1n) is 6.46. The zero-order valence-corrected chi connectivity index (χ0v) is 11.2. The first kappa shape index (κ1) is 12.7. The van der Waals surface area contributed by atoms with Crippen LogP contribution in [0.15, 0.2) is 0 Å². The molecular weight excluding hydrogens is 218 g/mol. The second kappa shape index (κ2) is 4.48. The van der Waals surface area contributed by atoms with Gasteiger partial charge in [-0.15, -0.1) is 0 Å². The Bertz CT molecular complexity index is 284. The minimum absolute atomic E-state index is 0.178. The van der Waals surface area contributed by atoms with Crippen LogP contribution in [-0.2, 0) is 9.47 Å². The van der Waals surface area contributed by atoms with Crippen LogP contribution in [0.1, 0.15) is 40.5 Å². The molecule has 0 aliphatic carbocycles. The molecule has 4 nitrogen and oxygen atoms in total. The van der Waals surface area contributed by atoms with E-state index in [9.17, 15) is 4.79 Å². The van der Waals surface area contributed by atoms with Crippen LogP contribution in [0.5, 0.6) is 0 Å². The molecule has 2 unspecified atom stereocenters. The Morgan fingerprint density at radius 2 is 1.76 bits per heavy atom. The van der Waals surface area contributed by atoms with Crippen LogP contribution in [0.2, 0.25) is 0 Å². The summed E-state index contributed by atoms with van der Waals surface area (Å²) in [7, 11) is 0. The van der Waals surface area contributed by atoms with Crippen molar-refractivity contribution in [2.45, 2.75) is 58.2 Å². The molecule has 2 bridgehead atoms. The van der Waals surface area contributed by atoms with E-state index in [1.165, 1.54) is 0 Å². The van der Waals surface area contributed by atoms with E-state index in [-0.39, 0.29) is 18.2 Å². The van der Waals surface area contributed by atoms with Crippen LogP contribution in [0, 0.1) is 5.92 Å². The molecule has 2 heterocycles. The Morgan fingerprint density at radius 3 is 2.24 bits per heavy atom. The fourth-order valence-corrected chi connectivity index (χ4v) is 2.80. The molecule has 0 radical (unpaired) electrons. The third-order valence-corrected chi connectivity index (χ3v) is 3.36. The first-order chi connectivity index (χ1) is 7.87. The summed E-state index contributed by atoms with van der Waals surface area (Å²) in [6.07, 6.45) is 1.87. The average molecular weight is 241 g/mol. The van der Waals surface area contributed by atoms with Crippen molar-refractivity contribution in [1.82, 2.24) is 4.90 Å². The zero-order valence-electron chi connectivity index (χ0n) is 11.2. The minimum Gasteiger partial charge on any atom is -0.444 e. The Labute approximate surface area is 103 Å². The van der Waals surface area contributed by atoms with Gasteiger partial charge in [0.05, 0.1) is 25.3 Å². The number of hydrogen-bond donors (Lipinski definition) is 0. The Balaban J connectivity index is 2.07. The van der Waals surface area contributed by atoms with Crippen molar-refractivity contribution < 1.29 is 14.3 Å². The molecule has 0 spiro atoms. The third kappa shape index (κ3) is 2.92. The van der Waals surface area contributed by atoms with Gasteiger partial charge in [0.1, 0.15) is 5.60 Å². The van der Waals surface area contributed by atoms with Gasteiger partial charge >= 0.3 is 6.09 Å².